The Morgan fingerprint density at radius 3 is 2.80 bits per heavy atom. The van der Waals surface area contributed by atoms with Crippen LogP contribution in [0.5, 0.6) is 5.75 Å². The molecule has 5 heteroatoms. The van der Waals surface area contributed by atoms with Gasteiger partial charge in [-0.2, -0.15) is 0 Å². The van der Waals surface area contributed by atoms with E-state index < -0.39 is 0 Å². The molecule has 2 aromatic carbocycles. The lowest BCUT2D eigenvalue weighted by molar-refractivity contribution is -0.122. The van der Waals surface area contributed by atoms with Gasteiger partial charge in [0.25, 0.3) is 0 Å². The van der Waals surface area contributed by atoms with Crippen molar-refractivity contribution in [3.05, 3.63) is 58.1 Å². The number of phenolic OH excluding ortho intramolecular Hbond substituents is 1. The summed E-state index contributed by atoms with van der Waals surface area (Å²) >= 11 is 3.44. The summed E-state index contributed by atoms with van der Waals surface area (Å²) in [6.07, 6.45) is 3.16. The van der Waals surface area contributed by atoms with Crippen LogP contribution in [0.25, 0.3) is 0 Å². The zero-order chi connectivity index (χ0) is 17.8. The van der Waals surface area contributed by atoms with E-state index in [0.717, 1.165) is 40.5 Å². The van der Waals surface area contributed by atoms with Crippen molar-refractivity contribution in [2.75, 3.05) is 5.32 Å². The third-order valence-corrected chi connectivity index (χ3v) is 5.23. The normalized spacial score (nSPS) is 15.4. The number of carbonyl (C=O) groups is 1. The molecule has 0 bridgehead atoms. The molecule has 0 saturated heterocycles. The lowest BCUT2D eigenvalue weighted by Crippen LogP contribution is -2.28. The summed E-state index contributed by atoms with van der Waals surface area (Å²) in [4.78, 5) is 12.1. The van der Waals surface area contributed by atoms with Crippen LogP contribution in [0.2, 0.25) is 0 Å². The Balaban J connectivity index is 1.60. The van der Waals surface area contributed by atoms with Gasteiger partial charge in [-0.1, -0.05) is 34.5 Å². The molecule has 0 radical (unpaired) electrons. The van der Waals surface area contributed by atoms with Crippen molar-refractivity contribution in [3.63, 3.8) is 0 Å². The molecule has 1 amide bonds. The second-order valence-corrected chi connectivity index (χ2v) is 7.54. The van der Waals surface area contributed by atoms with Crippen molar-refractivity contribution in [2.24, 2.45) is 5.92 Å². The van der Waals surface area contributed by atoms with Crippen molar-refractivity contribution < 1.29 is 9.90 Å². The Labute approximate surface area is 156 Å². The van der Waals surface area contributed by atoms with E-state index in [1.807, 2.05) is 43.3 Å². The number of rotatable bonds is 6. The van der Waals surface area contributed by atoms with Crippen molar-refractivity contribution in [1.82, 2.24) is 5.32 Å². The highest BCUT2D eigenvalue weighted by Gasteiger charge is 2.25. The molecule has 25 heavy (non-hydrogen) atoms. The van der Waals surface area contributed by atoms with Crippen LogP contribution < -0.4 is 10.6 Å². The minimum atomic E-state index is 0.00530. The van der Waals surface area contributed by atoms with Gasteiger partial charge in [-0.05, 0) is 55.7 Å². The first kappa shape index (κ1) is 18.0. The first-order valence-electron chi connectivity index (χ1n) is 8.64. The monoisotopic (exact) mass is 402 g/mol. The number of benzene rings is 2. The van der Waals surface area contributed by atoms with Gasteiger partial charge in [0.05, 0.1) is 0 Å². The van der Waals surface area contributed by atoms with Crippen molar-refractivity contribution in [3.8, 4) is 5.75 Å². The maximum atomic E-state index is 12.1. The molecular formula is C20H23BrN2O2. The molecule has 1 saturated carbocycles. The molecule has 0 aliphatic heterocycles. The standard InChI is InChI=1S/C20H23BrN2O2/c1-13(18-11-16(21)8-9-19(18)24)22-12-14-4-2-7-17(10-14)23-20(25)15-5-3-6-15/h2,4,7-11,13,15,22,24H,3,5-6,12H2,1H3,(H,23,25)/t13-/m1/s1. The summed E-state index contributed by atoms with van der Waals surface area (Å²) in [5.41, 5.74) is 2.78. The molecule has 3 N–H and O–H groups in total. The van der Waals surface area contributed by atoms with Gasteiger partial charge in [0.2, 0.25) is 5.91 Å². The minimum absolute atomic E-state index is 0.00530. The highest BCUT2D eigenvalue weighted by Crippen LogP contribution is 2.29. The average molecular weight is 403 g/mol. The van der Waals surface area contributed by atoms with E-state index in [0.29, 0.717) is 6.54 Å². The number of carbonyl (C=O) groups excluding carboxylic acids is 1. The molecule has 1 atom stereocenters. The third-order valence-electron chi connectivity index (χ3n) is 4.74. The molecule has 1 aliphatic rings. The molecule has 3 rings (SSSR count). The molecule has 0 heterocycles. The Kier molecular flexibility index (Phi) is 5.76. The topological polar surface area (TPSA) is 61.4 Å². The first-order chi connectivity index (χ1) is 12.0. The molecule has 2 aromatic rings. The molecule has 1 fully saturated rings. The summed E-state index contributed by atoms with van der Waals surface area (Å²) in [7, 11) is 0. The van der Waals surface area contributed by atoms with Gasteiger partial charge in [0.15, 0.2) is 0 Å². The van der Waals surface area contributed by atoms with Crippen LogP contribution in [0.3, 0.4) is 0 Å². The average Bonchev–Trinajstić information content (AvgIpc) is 2.53. The summed E-state index contributed by atoms with van der Waals surface area (Å²) in [5, 5.41) is 16.4. The van der Waals surface area contributed by atoms with Crippen LogP contribution in [0.1, 0.15) is 43.4 Å². The Bertz CT molecular complexity index is 759. The smallest absolute Gasteiger partial charge is 0.227 e. The van der Waals surface area contributed by atoms with Crippen molar-refractivity contribution in [2.45, 2.75) is 38.8 Å². The molecule has 0 unspecified atom stereocenters. The second-order valence-electron chi connectivity index (χ2n) is 6.62. The van der Waals surface area contributed by atoms with Crippen molar-refractivity contribution in [1.29, 1.82) is 0 Å². The van der Waals surface area contributed by atoms with E-state index in [9.17, 15) is 9.90 Å². The van der Waals surface area contributed by atoms with Gasteiger partial charge >= 0.3 is 0 Å². The summed E-state index contributed by atoms with van der Waals surface area (Å²) in [5.74, 6) is 0.592. The number of hydrogen-bond acceptors (Lipinski definition) is 3. The van der Waals surface area contributed by atoms with Gasteiger partial charge in [-0.3, -0.25) is 4.79 Å². The summed E-state index contributed by atoms with van der Waals surface area (Å²) in [6.45, 7) is 2.67. The van der Waals surface area contributed by atoms with E-state index >= 15 is 0 Å². The van der Waals surface area contributed by atoms with E-state index in [1.54, 1.807) is 6.07 Å². The van der Waals surface area contributed by atoms with Crippen LogP contribution in [0, 0.1) is 5.92 Å². The predicted molar refractivity (Wildman–Crippen MR) is 103 cm³/mol. The lowest BCUT2D eigenvalue weighted by Gasteiger charge is -2.24. The highest BCUT2D eigenvalue weighted by molar-refractivity contribution is 9.10. The van der Waals surface area contributed by atoms with Gasteiger partial charge in [0.1, 0.15) is 5.75 Å². The molecule has 0 spiro atoms. The molecule has 1 aliphatic carbocycles. The fourth-order valence-electron chi connectivity index (χ4n) is 2.93. The quantitative estimate of drug-likeness (QED) is 0.653. The molecule has 132 valence electrons. The summed E-state index contributed by atoms with van der Waals surface area (Å²) in [6, 6.07) is 13.3. The fourth-order valence-corrected chi connectivity index (χ4v) is 3.31. The largest absolute Gasteiger partial charge is 0.508 e. The number of halogens is 1. The predicted octanol–water partition coefficient (Wildman–Crippen LogP) is 4.74. The maximum absolute atomic E-state index is 12.1. The van der Waals surface area contributed by atoms with Crippen LogP contribution in [-0.4, -0.2) is 11.0 Å². The van der Waals surface area contributed by atoms with E-state index in [1.165, 1.54) is 0 Å². The zero-order valence-electron chi connectivity index (χ0n) is 14.3. The fraction of sp³-hybridized carbons (Fsp3) is 0.350. The van der Waals surface area contributed by atoms with Crippen LogP contribution in [0.4, 0.5) is 5.69 Å². The van der Waals surface area contributed by atoms with Gasteiger partial charge < -0.3 is 15.7 Å². The number of phenols is 1. The van der Waals surface area contributed by atoms with Gasteiger partial charge in [0, 0.05) is 34.2 Å². The zero-order valence-corrected chi connectivity index (χ0v) is 15.8. The van der Waals surface area contributed by atoms with Crippen LogP contribution >= 0.6 is 15.9 Å². The Hall–Kier alpha value is -1.85. The lowest BCUT2D eigenvalue weighted by atomic mass is 9.85. The Morgan fingerprint density at radius 1 is 1.28 bits per heavy atom. The van der Waals surface area contributed by atoms with Crippen molar-refractivity contribution >= 4 is 27.5 Å². The van der Waals surface area contributed by atoms with E-state index in [-0.39, 0.29) is 23.6 Å². The highest BCUT2D eigenvalue weighted by atomic mass is 79.9. The van der Waals surface area contributed by atoms with Gasteiger partial charge in [-0.15, -0.1) is 0 Å². The number of nitrogens with one attached hydrogen (secondary N) is 2. The third kappa shape index (κ3) is 4.61. The maximum Gasteiger partial charge on any atom is 0.227 e. The number of amides is 1. The number of hydrogen-bond donors (Lipinski definition) is 3. The molecule has 0 aromatic heterocycles. The van der Waals surface area contributed by atoms with Crippen LogP contribution in [-0.2, 0) is 11.3 Å². The van der Waals surface area contributed by atoms with Gasteiger partial charge in [-0.25, -0.2) is 0 Å². The number of aromatic hydroxyl groups is 1. The van der Waals surface area contributed by atoms with E-state index in [4.69, 9.17) is 0 Å². The number of anilines is 1. The minimum Gasteiger partial charge on any atom is -0.508 e. The first-order valence-corrected chi connectivity index (χ1v) is 9.44. The molecule has 4 nitrogen and oxygen atoms in total. The van der Waals surface area contributed by atoms with Crippen LogP contribution in [0.15, 0.2) is 46.9 Å². The molecular weight excluding hydrogens is 380 g/mol. The second kappa shape index (κ2) is 8.02. The van der Waals surface area contributed by atoms with E-state index in [2.05, 4.69) is 26.6 Å². The SMILES string of the molecule is C[C@@H](NCc1cccc(NC(=O)C2CCC2)c1)c1cc(Br)ccc1O. The Morgan fingerprint density at radius 2 is 2.08 bits per heavy atom. The summed E-state index contributed by atoms with van der Waals surface area (Å²) < 4.78 is 0.939.